The Bertz CT molecular complexity index is 554. The number of anilines is 2. The van der Waals surface area contributed by atoms with Gasteiger partial charge in [-0.2, -0.15) is 0 Å². The molecule has 1 saturated heterocycles. The van der Waals surface area contributed by atoms with Gasteiger partial charge in [-0.3, -0.25) is 9.59 Å². The second kappa shape index (κ2) is 4.53. The highest BCUT2D eigenvalue weighted by Crippen LogP contribution is 2.38. The van der Waals surface area contributed by atoms with Gasteiger partial charge in [-0.15, -0.1) is 0 Å². The lowest BCUT2D eigenvalue weighted by Gasteiger charge is -2.23. The molecule has 1 unspecified atom stereocenters. The standard InChI is InChI=1S/C14H17ClN2O2/c1-4-11-12(18)14(2,3)13(19)17(11)8-5-6-10(16)9(15)7-8/h5-7,11H,4,16H2,1-3H3. The summed E-state index contributed by atoms with van der Waals surface area (Å²) in [5.41, 5.74) is 5.76. The third-order valence-electron chi connectivity index (χ3n) is 3.63. The normalized spacial score (nSPS) is 22.1. The van der Waals surface area contributed by atoms with Crippen LogP contribution in [0.15, 0.2) is 18.2 Å². The number of amides is 1. The molecular weight excluding hydrogens is 264 g/mol. The van der Waals surface area contributed by atoms with Crippen LogP contribution in [0.1, 0.15) is 27.2 Å². The van der Waals surface area contributed by atoms with E-state index in [2.05, 4.69) is 0 Å². The van der Waals surface area contributed by atoms with E-state index in [1.54, 1.807) is 32.0 Å². The Morgan fingerprint density at radius 3 is 2.53 bits per heavy atom. The average molecular weight is 281 g/mol. The lowest BCUT2D eigenvalue weighted by molar-refractivity contribution is -0.132. The highest BCUT2D eigenvalue weighted by molar-refractivity contribution is 6.33. The zero-order valence-corrected chi connectivity index (χ0v) is 12.0. The first kappa shape index (κ1) is 13.9. The molecule has 1 fully saturated rings. The highest BCUT2D eigenvalue weighted by Gasteiger charge is 2.52. The van der Waals surface area contributed by atoms with E-state index in [1.165, 1.54) is 4.90 Å². The quantitative estimate of drug-likeness (QED) is 0.669. The van der Waals surface area contributed by atoms with Gasteiger partial charge in [0.2, 0.25) is 5.91 Å². The molecular formula is C14H17ClN2O2. The SMILES string of the molecule is CCC1C(=O)C(C)(C)C(=O)N1c1ccc(N)c(Cl)c1. The first-order chi connectivity index (χ1) is 8.80. The zero-order chi connectivity index (χ0) is 14.4. The van der Waals surface area contributed by atoms with Gasteiger partial charge in [-0.25, -0.2) is 0 Å². The van der Waals surface area contributed by atoms with Crippen molar-refractivity contribution >= 4 is 34.7 Å². The molecule has 102 valence electrons. The van der Waals surface area contributed by atoms with Crippen LogP contribution >= 0.6 is 11.6 Å². The van der Waals surface area contributed by atoms with Crippen molar-refractivity contribution in [2.75, 3.05) is 10.6 Å². The van der Waals surface area contributed by atoms with Crippen LogP contribution in [0, 0.1) is 5.41 Å². The Morgan fingerprint density at radius 1 is 1.37 bits per heavy atom. The summed E-state index contributed by atoms with van der Waals surface area (Å²) in [6.45, 7) is 5.22. The summed E-state index contributed by atoms with van der Waals surface area (Å²) in [4.78, 5) is 26.3. The maximum atomic E-state index is 12.4. The third-order valence-corrected chi connectivity index (χ3v) is 3.96. The minimum absolute atomic E-state index is 0.0482. The fraction of sp³-hybridized carbons (Fsp3) is 0.429. The second-order valence-electron chi connectivity index (χ2n) is 5.29. The molecule has 1 aromatic carbocycles. The van der Waals surface area contributed by atoms with Gasteiger partial charge in [0.15, 0.2) is 5.78 Å². The smallest absolute Gasteiger partial charge is 0.240 e. The van der Waals surface area contributed by atoms with E-state index >= 15 is 0 Å². The van der Waals surface area contributed by atoms with Gasteiger partial charge in [-0.1, -0.05) is 18.5 Å². The van der Waals surface area contributed by atoms with Crippen molar-refractivity contribution in [2.45, 2.75) is 33.2 Å². The Hall–Kier alpha value is -1.55. The molecule has 1 heterocycles. The molecule has 0 aliphatic carbocycles. The molecule has 0 spiro atoms. The van der Waals surface area contributed by atoms with Crippen LogP contribution in [0.5, 0.6) is 0 Å². The molecule has 19 heavy (non-hydrogen) atoms. The first-order valence-corrected chi connectivity index (χ1v) is 6.61. The van der Waals surface area contributed by atoms with E-state index in [4.69, 9.17) is 17.3 Å². The average Bonchev–Trinajstić information content (AvgIpc) is 2.53. The number of nitrogen functional groups attached to an aromatic ring is 1. The summed E-state index contributed by atoms with van der Waals surface area (Å²) in [6.07, 6.45) is 0.579. The lowest BCUT2D eigenvalue weighted by atomic mass is 9.88. The molecule has 1 aliphatic heterocycles. The van der Waals surface area contributed by atoms with Gasteiger partial charge in [0.05, 0.1) is 16.8 Å². The maximum Gasteiger partial charge on any atom is 0.240 e. The van der Waals surface area contributed by atoms with Crippen LogP contribution in [0.3, 0.4) is 0 Å². The van der Waals surface area contributed by atoms with Crippen LogP contribution in [-0.4, -0.2) is 17.7 Å². The highest BCUT2D eigenvalue weighted by atomic mass is 35.5. The monoisotopic (exact) mass is 280 g/mol. The number of benzene rings is 1. The van der Waals surface area contributed by atoms with Crippen molar-refractivity contribution in [1.29, 1.82) is 0 Å². The molecule has 1 atom stereocenters. The summed E-state index contributed by atoms with van der Waals surface area (Å²) >= 11 is 5.99. The number of nitrogens with zero attached hydrogens (tertiary/aromatic N) is 1. The van der Waals surface area contributed by atoms with Crippen molar-refractivity contribution < 1.29 is 9.59 Å². The molecule has 0 aromatic heterocycles. The number of carbonyl (C=O) groups is 2. The number of rotatable bonds is 2. The van der Waals surface area contributed by atoms with Gasteiger partial charge >= 0.3 is 0 Å². The summed E-state index contributed by atoms with van der Waals surface area (Å²) < 4.78 is 0. The summed E-state index contributed by atoms with van der Waals surface area (Å²) in [5.74, 6) is -0.238. The Morgan fingerprint density at radius 2 is 2.00 bits per heavy atom. The van der Waals surface area contributed by atoms with Crippen molar-refractivity contribution in [3.05, 3.63) is 23.2 Å². The van der Waals surface area contributed by atoms with E-state index < -0.39 is 11.5 Å². The molecule has 0 radical (unpaired) electrons. The second-order valence-corrected chi connectivity index (χ2v) is 5.70. The first-order valence-electron chi connectivity index (χ1n) is 6.23. The molecule has 0 saturated carbocycles. The number of nitrogens with two attached hydrogens (primary N) is 1. The summed E-state index contributed by atoms with van der Waals surface area (Å²) in [5, 5.41) is 0.386. The molecule has 2 rings (SSSR count). The Labute approximate surface area is 117 Å². The number of hydrogen-bond acceptors (Lipinski definition) is 3. The fourth-order valence-corrected chi connectivity index (χ4v) is 2.59. The van der Waals surface area contributed by atoms with Gasteiger partial charge < -0.3 is 10.6 Å². The van der Waals surface area contributed by atoms with Crippen LogP contribution in [0.2, 0.25) is 5.02 Å². The third kappa shape index (κ3) is 2.00. The molecule has 1 aliphatic rings. The number of carbonyl (C=O) groups excluding carboxylic acids is 2. The topological polar surface area (TPSA) is 63.4 Å². The van der Waals surface area contributed by atoms with E-state index in [0.29, 0.717) is 22.8 Å². The van der Waals surface area contributed by atoms with Crippen molar-refractivity contribution in [3.63, 3.8) is 0 Å². The minimum Gasteiger partial charge on any atom is -0.398 e. The maximum absolute atomic E-state index is 12.4. The molecule has 1 aromatic rings. The summed E-state index contributed by atoms with van der Waals surface area (Å²) in [6, 6.07) is 4.57. The molecule has 2 N–H and O–H groups in total. The van der Waals surface area contributed by atoms with E-state index in [9.17, 15) is 9.59 Å². The molecule has 5 heteroatoms. The van der Waals surface area contributed by atoms with Crippen molar-refractivity contribution in [3.8, 4) is 0 Å². The van der Waals surface area contributed by atoms with Gasteiger partial charge in [-0.05, 0) is 38.5 Å². The van der Waals surface area contributed by atoms with Crippen LogP contribution in [0.25, 0.3) is 0 Å². The van der Waals surface area contributed by atoms with Gasteiger partial charge in [0, 0.05) is 5.69 Å². The van der Waals surface area contributed by atoms with Crippen LogP contribution in [-0.2, 0) is 9.59 Å². The van der Waals surface area contributed by atoms with Gasteiger partial charge in [0.1, 0.15) is 5.41 Å². The predicted octanol–water partition coefficient (Wildman–Crippen LogP) is 2.64. The van der Waals surface area contributed by atoms with Crippen LogP contribution in [0.4, 0.5) is 11.4 Å². The van der Waals surface area contributed by atoms with E-state index in [1.807, 2.05) is 6.92 Å². The Balaban J connectivity index is 2.51. The number of Topliss-reactive ketones (excluding diaryl/α,β-unsaturated/α-hetero) is 1. The predicted molar refractivity (Wildman–Crippen MR) is 76.2 cm³/mol. The lowest BCUT2D eigenvalue weighted by Crippen LogP contribution is -2.35. The van der Waals surface area contributed by atoms with E-state index in [0.717, 1.165) is 0 Å². The molecule has 1 amide bonds. The minimum atomic E-state index is -0.978. The van der Waals surface area contributed by atoms with E-state index in [-0.39, 0.29) is 11.7 Å². The number of hydrogen-bond donors (Lipinski definition) is 1. The van der Waals surface area contributed by atoms with Gasteiger partial charge in [0.25, 0.3) is 0 Å². The zero-order valence-electron chi connectivity index (χ0n) is 11.2. The van der Waals surface area contributed by atoms with Crippen molar-refractivity contribution in [1.82, 2.24) is 0 Å². The fourth-order valence-electron chi connectivity index (χ4n) is 2.41. The molecule has 0 bridgehead atoms. The molecule has 4 nitrogen and oxygen atoms in total. The summed E-state index contributed by atoms with van der Waals surface area (Å²) in [7, 11) is 0. The number of halogens is 1. The number of ketones is 1. The van der Waals surface area contributed by atoms with Crippen molar-refractivity contribution in [2.24, 2.45) is 5.41 Å². The Kier molecular flexibility index (Phi) is 3.31. The van der Waals surface area contributed by atoms with Crippen LogP contribution < -0.4 is 10.6 Å². The largest absolute Gasteiger partial charge is 0.398 e.